The molecule has 0 saturated carbocycles. The van der Waals surface area contributed by atoms with Crippen molar-refractivity contribution in [2.75, 3.05) is 5.32 Å². The number of anilines is 1. The molecule has 108 valence electrons. The van der Waals surface area contributed by atoms with Crippen molar-refractivity contribution < 1.29 is 18.3 Å². The first kappa shape index (κ1) is 14.8. The number of benzene rings is 2. The molecule has 5 nitrogen and oxygen atoms in total. The fourth-order valence-corrected chi connectivity index (χ4v) is 2.79. The van der Waals surface area contributed by atoms with Crippen molar-refractivity contribution >= 4 is 21.5 Å². The van der Waals surface area contributed by atoms with Crippen molar-refractivity contribution in [1.29, 1.82) is 0 Å². The second-order valence-electron chi connectivity index (χ2n) is 4.19. The fourth-order valence-electron chi connectivity index (χ4n) is 1.64. The van der Waals surface area contributed by atoms with Crippen molar-refractivity contribution in [2.45, 2.75) is 4.90 Å². The third kappa shape index (κ3) is 3.93. The van der Waals surface area contributed by atoms with Gasteiger partial charge in [0.2, 0.25) is 9.84 Å². The Hall–Kier alpha value is -2.60. The Morgan fingerprint density at radius 3 is 2.00 bits per heavy atom. The van der Waals surface area contributed by atoms with Crippen LogP contribution in [0.25, 0.3) is 0 Å². The first-order valence-electron chi connectivity index (χ1n) is 6.06. The number of hydrogen-bond donors (Lipinski definition) is 2. The van der Waals surface area contributed by atoms with Gasteiger partial charge >= 0.3 is 5.97 Å². The molecule has 0 aliphatic carbocycles. The number of rotatable bonds is 5. The largest absolute Gasteiger partial charge is 0.477 e. The molecule has 2 aromatic carbocycles. The number of carboxylic acid groups (broad SMARTS) is 1. The number of carbonyl (C=O) groups is 1. The van der Waals surface area contributed by atoms with Crippen LogP contribution in [0.1, 0.15) is 0 Å². The highest BCUT2D eigenvalue weighted by Gasteiger charge is 2.16. The molecule has 0 aromatic heterocycles. The molecule has 0 fully saturated rings. The van der Waals surface area contributed by atoms with E-state index in [1.54, 1.807) is 48.5 Å². The summed E-state index contributed by atoms with van der Waals surface area (Å²) in [5.41, 5.74) is 0.0828. The molecule has 0 bridgehead atoms. The van der Waals surface area contributed by atoms with Gasteiger partial charge in [-0.1, -0.05) is 36.4 Å². The topological polar surface area (TPSA) is 83.5 Å². The zero-order valence-corrected chi connectivity index (χ0v) is 11.7. The van der Waals surface area contributed by atoms with Crippen LogP contribution in [0.15, 0.2) is 76.7 Å². The number of para-hydroxylation sites is 1. The van der Waals surface area contributed by atoms with Crippen molar-refractivity contribution in [3.05, 3.63) is 71.8 Å². The molecule has 2 aromatic rings. The van der Waals surface area contributed by atoms with E-state index in [9.17, 15) is 13.2 Å². The summed E-state index contributed by atoms with van der Waals surface area (Å²) >= 11 is 0. The smallest absolute Gasteiger partial charge is 0.353 e. The first-order valence-corrected chi connectivity index (χ1v) is 7.61. The zero-order chi connectivity index (χ0) is 15.3. The Labute approximate surface area is 122 Å². The molecule has 21 heavy (non-hydrogen) atoms. The van der Waals surface area contributed by atoms with Crippen molar-refractivity contribution in [1.82, 2.24) is 0 Å². The molecule has 0 spiro atoms. The van der Waals surface area contributed by atoms with Crippen LogP contribution in [0.3, 0.4) is 0 Å². The second kappa shape index (κ2) is 6.23. The highest BCUT2D eigenvalue weighted by Crippen LogP contribution is 2.15. The van der Waals surface area contributed by atoms with Crippen LogP contribution >= 0.6 is 0 Å². The van der Waals surface area contributed by atoms with Crippen LogP contribution in [0.5, 0.6) is 0 Å². The van der Waals surface area contributed by atoms with Crippen LogP contribution in [-0.2, 0) is 14.6 Å². The molecule has 0 aliphatic rings. The summed E-state index contributed by atoms with van der Waals surface area (Å²) in [6.07, 6.45) is 0. The summed E-state index contributed by atoms with van der Waals surface area (Å²) in [6, 6.07) is 16.1. The quantitative estimate of drug-likeness (QED) is 0.829. The predicted octanol–water partition coefficient (Wildman–Crippen LogP) is 2.50. The average molecular weight is 303 g/mol. The third-order valence-corrected chi connectivity index (χ3v) is 4.10. The van der Waals surface area contributed by atoms with E-state index in [0.717, 1.165) is 5.41 Å². The summed E-state index contributed by atoms with van der Waals surface area (Å²) in [4.78, 5) is 11.3. The lowest BCUT2D eigenvalue weighted by Crippen LogP contribution is -2.13. The first-order chi connectivity index (χ1) is 9.99. The number of carboxylic acids is 1. The van der Waals surface area contributed by atoms with Crippen LogP contribution < -0.4 is 5.32 Å². The van der Waals surface area contributed by atoms with Gasteiger partial charge in [-0.3, -0.25) is 0 Å². The maximum Gasteiger partial charge on any atom is 0.353 e. The van der Waals surface area contributed by atoms with Crippen LogP contribution in [0.2, 0.25) is 0 Å². The van der Waals surface area contributed by atoms with E-state index >= 15 is 0 Å². The molecule has 0 aliphatic heterocycles. The lowest BCUT2D eigenvalue weighted by molar-refractivity contribution is -0.132. The van der Waals surface area contributed by atoms with Crippen LogP contribution in [0, 0.1) is 0 Å². The molecule has 6 heteroatoms. The van der Waals surface area contributed by atoms with E-state index in [2.05, 4.69) is 5.32 Å². The van der Waals surface area contributed by atoms with Gasteiger partial charge in [0.25, 0.3) is 0 Å². The van der Waals surface area contributed by atoms with E-state index in [1.807, 2.05) is 0 Å². The van der Waals surface area contributed by atoms with E-state index in [0.29, 0.717) is 5.69 Å². The molecular formula is C15H13NO4S. The fraction of sp³-hybridized carbons (Fsp3) is 0. The van der Waals surface area contributed by atoms with Gasteiger partial charge < -0.3 is 10.4 Å². The van der Waals surface area contributed by atoms with E-state index in [-0.39, 0.29) is 4.90 Å². The van der Waals surface area contributed by atoms with Gasteiger partial charge in [-0.05, 0) is 24.3 Å². The number of nitrogens with one attached hydrogen (secondary N) is 1. The lowest BCUT2D eigenvalue weighted by Gasteiger charge is -2.07. The highest BCUT2D eigenvalue weighted by atomic mass is 32.2. The van der Waals surface area contributed by atoms with Gasteiger partial charge in [-0.2, -0.15) is 0 Å². The van der Waals surface area contributed by atoms with Gasteiger partial charge in [-0.25, -0.2) is 13.2 Å². The Balaban J connectivity index is 2.36. The third-order valence-electron chi connectivity index (χ3n) is 2.63. The van der Waals surface area contributed by atoms with E-state index in [1.165, 1.54) is 12.1 Å². The van der Waals surface area contributed by atoms with Crippen LogP contribution in [-0.4, -0.2) is 19.5 Å². The molecule has 2 rings (SSSR count). The van der Waals surface area contributed by atoms with Crippen LogP contribution in [0.4, 0.5) is 5.69 Å². The molecule has 0 atom stereocenters. The Morgan fingerprint density at radius 2 is 1.48 bits per heavy atom. The summed E-state index contributed by atoms with van der Waals surface area (Å²) in [7, 11) is -3.83. The molecule has 0 radical (unpaired) electrons. The molecule has 0 unspecified atom stereocenters. The summed E-state index contributed by atoms with van der Waals surface area (Å²) in [5, 5.41) is 12.5. The van der Waals surface area contributed by atoms with Gasteiger partial charge in [0.15, 0.2) is 0 Å². The van der Waals surface area contributed by atoms with E-state index in [4.69, 9.17) is 5.11 Å². The maximum absolute atomic E-state index is 12.2. The number of sulfone groups is 1. The van der Waals surface area contributed by atoms with Gasteiger partial charge in [0.1, 0.15) is 5.70 Å². The van der Waals surface area contributed by atoms with Gasteiger partial charge in [0, 0.05) is 5.69 Å². The molecule has 2 N–H and O–H groups in total. The second-order valence-corrected chi connectivity index (χ2v) is 5.98. The minimum atomic E-state index is -3.83. The maximum atomic E-state index is 12.2. The zero-order valence-electron chi connectivity index (χ0n) is 10.9. The average Bonchev–Trinajstić information content (AvgIpc) is 2.48. The minimum Gasteiger partial charge on any atom is -0.477 e. The Bertz CT molecular complexity index is 753. The predicted molar refractivity (Wildman–Crippen MR) is 79.4 cm³/mol. The number of aliphatic carboxylic acids is 1. The van der Waals surface area contributed by atoms with Gasteiger partial charge in [-0.15, -0.1) is 0 Å². The number of hydrogen-bond acceptors (Lipinski definition) is 4. The highest BCUT2D eigenvalue weighted by molar-refractivity contribution is 7.94. The summed E-state index contributed by atoms with van der Waals surface area (Å²) in [5.74, 6) is -1.35. The van der Waals surface area contributed by atoms with Gasteiger partial charge in [0.05, 0.1) is 10.3 Å². The summed E-state index contributed by atoms with van der Waals surface area (Å²) in [6.45, 7) is 0. The summed E-state index contributed by atoms with van der Waals surface area (Å²) < 4.78 is 24.3. The molecule has 0 heterocycles. The standard InChI is InChI=1S/C15H13NO4S/c17-15(18)14(16-12-7-3-1-4-8-12)11-21(19,20)13-9-5-2-6-10-13/h1-11,16H,(H,17,18). The van der Waals surface area contributed by atoms with Crippen molar-refractivity contribution in [2.24, 2.45) is 0 Å². The lowest BCUT2D eigenvalue weighted by atomic mass is 10.3. The van der Waals surface area contributed by atoms with Crippen molar-refractivity contribution in [3.8, 4) is 0 Å². The normalized spacial score (nSPS) is 11.9. The molecule has 0 saturated heterocycles. The monoisotopic (exact) mass is 303 g/mol. The van der Waals surface area contributed by atoms with E-state index < -0.39 is 21.5 Å². The van der Waals surface area contributed by atoms with Crippen molar-refractivity contribution in [3.63, 3.8) is 0 Å². The Kier molecular flexibility index (Phi) is 4.39. The Morgan fingerprint density at radius 1 is 0.952 bits per heavy atom. The molecule has 0 amide bonds. The minimum absolute atomic E-state index is 0.0404. The molecular weight excluding hydrogens is 290 g/mol. The SMILES string of the molecule is O=C(O)C(=CS(=O)(=O)c1ccccc1)Nc1ccccc1.